The van der Waals surface area contributed by atoms with E-state index in [9.17, 15) is 8.42 Å². The number of benzene rings is 1. The Bertz CT molecular complexity index is 515. The lowest BCUT2D eigenvalue weighted by molar-refractivity contribution is 0.407. The summed E-state index contributed by atoms with van der Waals surface area (Å²) in [5.41, 5.74) is 0.843. The molecule has 0 heterocycles. The molecule has 19 heavy (non-hydrogen) atoms. The van der Waals surface area contributed by atoms with Crippen LogP contribution in [-0.2, 0) is 16.6 Å². The SMILES string of the molecule is CCNCc1cc(S(=O)(=O)N(C)CC)ccc1OC. The number of nitrogens with one attached hydrogen (secondary N) is 1. The molecule has 0 aliphatic rings. The molecule has 0 aromatic heterocycles. The third kappa shape index (κ3) is 3.68. The van der Waals surface area contributed by atoms with Crippen molar-refractivity contribution in [1.29, 1.82) is 0 Å². The number of nitrogens with zero attached hydrogens (tertiary/aromatic N) is 1. The van der Waals surface area contributed by atoms with E-state index in [2.05, 4.69) is 5.32 Å². The van der Waals surface area contributed by atoms with Crippen molar-refractivity contribution in [2.24, 2.45) is 0 Å². The Kier molecular flexibility index (Phi) is 5.78. The molecule has 1 N–H and O–H groups in total. The fourth-order valence-corrected chi connectivity index (χ4v) is 2.89. The third-order valence-corrected chi connectivity index (χ3v) is 4.90. The van der Waals surface area contributed by atoms with Crippen molar-refractivity contribution in [2.75, 3.05) is 27.2 Å². The first-order valence-electron chi connectivity index (χ1n) is 6.31. The highest BCUT2D eigenvalue weighted by Crippen LogP contribution is 2.24. The standard InChI is InChI=1S/C13H22N2O3S/c1-5-14-10-11-9-12(7-8-13(11)18-4)19(16,17)15(3)6-2/h7-9,14H,5-6,10H2,1-4H3. The molecule has 0 aliphatic carbocycles. The van der Waals surface area contributed by atoms with Gasteiger partial charge in [-0.3, -0.25) is 0 Å². The predicted octanol–water partition coefficient (Wildman–Crippen LogP) is 1.45. The first-order valence-corrected chi connectivity index (χ1v) is 7.75. The molecule has 0 spiro atoms. The van der Waals surface area contributed by atoms with Crippen molar-refractivity contribution in [2.45, 2.75) is 25.3 Å². The second-order valence-corrected chi connectivity index (χ2v) is 6.22. The van der Waals surface area contributed by atoms with E-state index >= 15 is 0 Å². The molecule has 1 rings (SSSR count). The molecular weight excluding hydrogens is 264 g/mol. The van der Waals surface area contributed by atoms with Gasteiger partial charge >= 0.3 is 0 Å². The number of hydrogen-bond donors (Lipinski definition) is 1. The smallest absolute Gasteiger partial charge is 0.242 e. The van der Waals surface area contributed by atoms with Gasteiger partial charge in [0.1, 0.15) is 5.75 Å². The maximum Gasteiger partial charge on any atom is 0.242 e. The molecule has 0 bridgehead atoms. The summed E-state index contributed by atoms with van der Waals surface area (Å²) in [6, 6.07) is 4.95. The monoisotopic (exact) mass is 286 g/mol. The Morgan fingerprint density at radius 3 is 2.53 bits per heavy atom. The van der Waals surface area contributed by atoms with Crippen LogP contribution in [0.5, 0.6) is 5.75 Å². The number of hydrogen-bond acceptors (Lipinski definition) is 4. The topological polar surface area (TPSA) is 58.6 Å². The second-order valence-electron chi connectivity index (χ2n) is 4.17. The minimum Gasteiger partial charge on any atom is -0.496 e. The van der Waals surface area contributed by atoms with Gasteiger partial charge in [-0.05, 0) is 24.7 Å². The molecule has 5 nitrogen and oxygen atoms in total. The van der Waals surface area contributed by atoms with Gasteiger partial charge in [0.05, 0.1) is 12.0 Å². The van der Waals surface area contributed by atoms with Crippen LogP contribution in [0.15, 0.2) is 23.1 Å². The van der Waals surface area contributed by atoms with Crippen LogP contribution in [0, 0.1) is 0 Å². The molecule has 0 saturated carbocycles. The normalized spacial score (nSPS) is 11.8. The molecule has 0 fully saturated rings. The summed E-state index contributed by atoms with van der Waals surface area (Å²) in [7, 11) is -0.258. The summed E-state index contributed by atoms with van der Waals surface area (Å²) in [5, 5.41) is 3.17. The highest BCUT2D eigenvalue weighted by Gasteiger charge is 2.20. The average Bonchev–Trinajstić information content (AvgIpc) is 2.43. The Labute approximate surface area is 115 Å². The fourth-order valence-electron chi connectivity index (χ4n) is 1.66. The van der Waals surface area contributed by atoms with Gasteiger partial charge < -0.3 is 10.1 Å². The second kappa shape index (κ2) is 6.88. The summed E-state index contributed by atoms with van der Waals surface area (Å²) in [6.45, 7) is 5.64. The average molecular weight is 286 g/mol. The maximum atomic E-state index is 12.3. The van der Waals surface area contributed by atoms with E-state index in [-0.39, 0.29) is 0 Å². The van der Waals surface area contributed by atoms with Gasteiger partial charge in [-0.1, -0.05) is 13.8 Å². The molecule has 0 aliphatic heterocycles. The zero-order valence-corrected chi connectivity index (χ0v) is 12.8. The lowest BCUT2D eigenvalue weighted by Gasteiger charge is -2.17. The van der Waals surface area contributed by atoms with E-state index in [1.165, 1.54) is 4.31 Å². The number of rotatable bonds is 7. The number of ether oxygens (including phenoxy) is 1. The van der Waals surface area contributed by atoms with Crippen molar-refractivity contribution >= 4 is 10.0 Å². The number of methoxy groups -OCH3 is 1. The number of sulfonamides is 1. The Balaban J connectivity index is 3.17. The summed E-state index contributed by atoms with van der Waals surface area (Å²) < 4.78 is 31.1. The fraction of sp³-hybridized carbons (Fsp3) is 0.538. The minimum absolute atomic E-state index is 0.297. The Morgan fingerprint density at radius 1 is 1.32 bits per heavy atom. The molecule has 1 aromatic carbocycles. The Hall–Kier alpha value is -1.11. The van der Waals surface area contributed by atoms with E-state index in [1.54, 1.807) is 39.3 Å². The molecule has 0 amide bonds. The summed E-state index contributed by atoms with van der Waals surface area (Å²) in [6.07, 6.45) is 0. The first-order chi connectivity index (χ1) is 8.97. The molecule has 0 radical (unpaired) electrons. The van der Waals surface area contributed by atoms with Gasteiger partial charge in [0.15, 0.2) is 0 Å². The zero-order chi connectivity index (χ0) is 14.5. The van der Waals surface area contributed by atoms with Crippen molar-refractivity contribution in [3.05, 3.63) is 23.8 Å². The third-order valence-electron chi connectivity index (χ3n) is 2.97. The molecular formula is C13H22N2O3S. The van der Waals surface area contributed by atoms with E-state index < -0.39 is 10.0 Å². The van der Waals surface area contributed by atoms with Crippen LogP contribution >= 0.6 is 0 Å². The van der Waals surface area contributed by atoms with Crippen LogP contribution in [0.4, 0.5) is 0 Å². The van der Waals surface area contributed by atoms with Crippen LogP contribution in [0.25, 0.3) is 0 Å². The molecule has 0 unspecified atom stereocenters. The van der Waals surface area contributed by atoms with Gasteiger partial charge in [-0.15, -0.1) is 0 Å². The molecule has 6 heteroatoms. The van der Waals surface area contributed by atoms with Crippen LogP contribution in [0.3, 0.4) is 0 Å². The van der Waals surface area contributed by atoms with E-state index in [0.717, 1.165) is 12.1 Å². The van der Waals surface area contributed by atoms with Gasteiger partial charge in [0, 0.05) is 25.7 Å². The van der Waals surface area contributed by atoms with Gasteiger partial charge in [-0.2, -0.15) is 0 Å². The van der Waals surface area contributed by atoms with E-state index in [4.69, 9.17) is 4.74 Å². The van der Waals surface area contributed by atoms with Gasteiger partial charge in [0.25, 0.3) is 0 Å². The van der Waals surface area contributed by atoms with E-state index in [0.29, 0.717) is 23.7 Å². The summed E-state index contributed by atoms with van der Waals surface area (Å²) in [4.78, 5) is 0.297. The van der Waals surface area contributed by atoms with Crippen LogP contribution < -0.4 is 10.1 Å². The van der Waals surface area contributed by atoms with Gasteiger partial charge in [0.2, 0.25) is 10.0 Å². The van der Waals surface area contributed by atoms with E-state index in [1.807, 2.05) is 6.92 Å². The molecule has 108 valence electrons. The summed E-state index contributed by atoms with van der Waals surface area (Å²) in [5.74, 6) is 0.694. The Morgan fingerprint density at radius 2 is 2.00 bits per heavy atom. The van der Waals surface area contributed by atoms with Crippen LogP contribution in [0.1, 0.15) is 19.4 Å². The van der Waals surface area contributed by atoms with Gasteiger partial charge in [-0.25, -0.2) is 12.7 Å². The molecule has 0 saturated heterocycles. The highest BCUT2D eigenvalue weighted by molar-refractivity contribution is 7.89. The summed E-state index contributed by atoms with van der Waals surface area (Å²) >= 11 is 0. The predicted molar refractivity (Wildman–Crippen MR) is 75.9 cm³/mol. The maximum absolute atomic E-state index is 12.3. The first kappa shape index (κ1) is 15.9. The zero-order valence-electron chi connectivity index (χ0n) is 11.9. The minimum atomic E-state index is -3.41. The van der Waals surface area contributed by atoms with Crippen molar-refractivity contribution in [3.63, 3.8) is 0 Å². The highest BCUT2D eigenvalue weighted by atomic mass is 32.2. The van der Waals surface area contributed by atoms with Crippen molar-refractivity contribution < 1.29 is 13.2 Å². The van der Waals surface area contributed by atoms with Crippen LogP contribution in [-0.4, -0.2) is 40.0 Å². The lowest BCUT2D eigenvalue weighted by Crippen LogP contribution is -2.26. The molecule has 0 atom stereocenters. The quantitative estimate of drug-likeness (QED) is 0.824. The van der Waals surface area contributed by atoms with Crippen molar-refractivity contribution in [1.82, 2.24) is 9.62 Å². The lowest BCUT2D eigenvalue weighted by atomic mass is 10.2. The van der Waals surface area contributed by atoms with Crippen LogP contribution in [0.2, 0.25) is 0 Å². The van der Waals surface area contributed by atoms with Crippen molar-refractivity contribution in [3.8, 4) is 5.75 Å². The molecule has 1 aromatic rings. The largest absolute Gasteiger partial charge is 0.496 e.